The molecule has 1 aliphatic carbocycles. The molecule has 3 heteroatoms. The lowest BCUT2D eigenvalue weighted by atomic mass is 9.84. The Bertz CT molecular complexity index is 204. The minimum atomic E-state index is -0.398. The van der Waals surface area contributed by atoms with Crippen molar-refractivity contribution in [2.45, 2.75) is 62.3 Å². The van der Waals surface area contributed by atoms with Crippen molar-refractivity contribution in [3.8, 4) is 0 Å². The third-order valence-electron chi connectivity index (χ3n) is 3.85. The molecule has 2 fully saturated rings. The summed E-state index contributed by atoms with van der Waals surface area (Å²) in [4.78, 5) is 0. The summed E-state index contributed by atoms with van der Waals surface area (Å²) in [7, 11) is 0. The van der Waals surface area contributed by atoms with E-state index in [-0.39, 0.29) is 0 Å². The number of hydrogen-bond donors (Lipinski definition) is 2. The maximum Gasteiger partial charge on any atom is 0.0771 e. The number of hydrogen-bond acceptors (Lipinski definition) is 3. The molecule has 15 heavy (non-hydrogen) atoms. The Morgan fingerprint density at radius 3 is 2.67 bits per heavy atom. The number of aliphatic hydroxyl groups is 1. The summed E-state index contributed by atoms with van der Waals surface area (Å²) in [5.74, 6) is 1.28. The first-order valence-corrected chi connectivity index (χ1v) is 7.32. The van der Waals surface area contributed by atoms with Crippen molar-refractivity contribution in [2.24, 2.45) is 0 Å². The summed E-state index contributed by atoms with van der Waals surface area (Å²) in [5.41, 5.74) is -0.398. The van der Waals surface area contributed by atoms with Crippen LogP contribution in [0.2, 0.25) is 0 Å². The Morgan fingerprint density at radius 1 is 1.33 bits per heavy atom. The van der Waals surface area contributed by atoms with Crippen LogP contribution < -0.4 is 5.32 Å². The van der Waals surface area contributed by atoms with E-state index in [0.29, 0.717) is 6.04 Å². The number of nitrogens with one attached hydrogen (secondary N) is 1. The largest absolute Gasteiger partial charge is 0.389 e. The van der Waals surface area contributed by atoms with Gasteiger partial charge in [-0.15, -0.1) is 0 Å². The van der Waals surface area contributed by atoms with Crippen LogP contribution in [-0.4, -0.2) is 34.3 Å². The molecule has 1 aliphatic heterocycles. The summed E-state index contributed by atoms with van der Waals surface area (Å²) in [6, 6.07) is 0.626. The van der Waals surface area contributed by atoms with Crippen LogP contribution in [0.1, 0.15) is 45.4 Å². The summed E-state index contributed by atoms with van der Waals surface area (Å²) in [6.07, 6.45) is 6.96. The zero-order valence-corrected chi connectivity index (χ0v) is 10.5. The minimum absolute atomic E-state index is 0.398. The first-order valence-electron chi connectivity index (χ1n) is 6.27. The third kappa shape index (κ3) is 3.11. The van der Waals surface area contributed by atoms with Gasteiger partial charge in [-0.3, -0.25) is 0 Å². The highest BCUT2D eigenvalue weighted by Gasteiger charge is 2.31. The lowest BCUT2D eigenvalue weighted by Gasteiger charge is -2.33. The maximum absolute atomic E-state index is 10.3. The fraction of sp³-hybridized carbons (Fsp3) is 1.00. The van der Waals surface area contributed by atoms with Gasteiger partial charge in [0.25, 0.3) is 0 Å². The van der Waals surface area contributed by atoms with Crippen molar-refractivity contribution in [3.05, 3.63) is 0 Å². The second-order valence-corrected chi connectivity index (χ2v) is 6.62. The monoisotopic (exact) mass is 229 g/mol. The third-order valence-corrected chi connectivity index (χ3v) is 5.18. The van der Waals surface area contributed by atoms with Crippen LogP contribution in [0.4, 0.5) is 0 Å². The van der Waals surface area contributed by atoms with E-state index >= 15 is 0 Å². The van der Waals surface area contributed by atoms with Crippen LogP contribution in [0.25, 0.3) is 0 Å². The molecule has 1 saturated heterocycles. The van der Waals surface area contributed by atoms with Crippen molar-refractivity contribution < 1.29 is 5.11 Å². The number of rotatable bonds is 3. The summed E-state index contributed by atoms with van der Waals surface area (Å²) in [6.45, 7) is 3.10. The van der Waals surface area contributed by atoms with Gasteiger partial charge in [-0.1, -0.05) is 26.2 Å². The highest BCUT2D eigenvalue weighted by atomic mass is 32.2. The van der Waals surface area contributed by atoms with Crippen LogP contribution >= 0.6 is 11.8 Å². The normalized spacial score (nSPS) is 35.6. The van der Waals surface area contributed by atoms with E-state index < -0.39 is 5.60 Å². The number of thioether (sulfide) groups is 1. The lowest BCUT2D eigenvalue weighted by Crippen LogP contribution is -2.47. The molecule has 0 radical (unpaired) electrons. The van der Waals surface area contributed by atoms with E-state index in [1.807, 2.05) is 11.8 Å². The molecule has 2 rings (SSSR count). The van der Waals surface area contributed by atoms with Crippen LogP contribution in [-0.2, 0) is 0 Å². The van der Waals surface area contributed by atoms with Gasteiger partial charge in [0.2, 0.25) is 0 Å². The quantitative estimate of drug-likeness (QED) is 0.778. The first-order chi connectivity index (χ1) is 7.20. The van der Waals surface area contributed by atoms with Crippen molar-refractivity contribution in [2.75, 3.05) is 12.3 Å². The van der Waals surface area contributed by atoms with Gasteiger partial charge in [-0.25, -0.2) is 0 Å². The zero-order valence-electron chi connectivity index (χ0n) is 9.67. The summed E-state index contributed by atoms with van der Waals surface area (Å²) < 4.78 is 0. The van der Waals surface area contributed by atoms with Crippen LogP contribution in [0.5, 0.6) is 0 Å². The zero-order chi connectivity index (χ0) is 10.7. The molecule has 0 bridgehead atoms. The van der Waals surface area contributed by atoms with E-state index in [4.69, 9.17) is 0 Å². The summed E-state index contributed by atoms with van der Waals surface area (Å²) >= 11 is 2.05. The molecule has 2 nitrogen and oxygen atoms in total. The molecule has 88 valence electrons. The Labute approximate surface area is 97.2 Å². The maximum atomic E-state index is 10.3. The van der Waals surface area contributed by atoms with Gasteiger partial charge in [0.15, 0.2) is 0 Å². The molecule has 0 amide bonds. The molecule has 0 aromatic heterocycles. The molecule has 1 saturated carbocycles. The topological polar surface area (TPSA) is 32.3 Å². The van der Waals surface area contributed by atoms with Gasteiger partial charge >= 0.3 is 0 Å². The molecule has 2 atom stereocenters. The predicted molar refractivity (Wildman–Crippen MR) is 66.4 cm³/mol. The average molecular weight is 229 g/mol. The predicted octanol–water partition coefficient (Wildman–Crippen LogP) is 2.17. The Balaban J connectivity index is 1.76. The van der Waals surface area contributed by atoms with Gasteiger partial charge in [0.1, 0.15) is 0 Å². The molecule has 2 N–H and O–H groups in total. The molecular weight excluding hydrogens is 206 g/mol. The van der Waals surface area contributed by atoms with Crippen molar-refractivity contribution in [1.82, 2.24) is 5.32 Å². The van der Waals surface area contributed by atoms with Gasteiger partial charge < -0.3 is 10.4 Å². The van der Waals surface area contributed by atoms with Crippen LogP contribution in [0.3, 0.4) is 0 Å². The highest BCUT2D eigenvalue weighted by Crippen LogP contribution is 2.29. The van der Waals surface area contributed by atoms with E-state index in [2.05, 4.69) is 12.2 Å². The van der Waals surface area contributed by atoms with Gasteiger partial charge in [0, 0.05) is 17.8 Å². The van der Waals surface area contributed by atoms with Gasteiger partial charge in [-0.05, 0) is 25.0 Å². The van der Waals surface area contributed by atoms with Gasteiger partial charge in [0.05, 0.1) is 5.60 Å². The highest BCUT2D eigenvalue weighted by molar-refractivity contribution is 8.00. The summed E-state index contributed by atoms with van der Waals surface area (Å²) in [5, 5.41) is 14.6. The van der Waals surface area contributed by atoms with Gasteiger partial charge in [-0.2, -0.15) is 11.8 Å². The first kappa shape index (κ1) is 11.7. The van der Waals surface area contributed by atoms with E-state index in [9.17, 15) is 5.11 Å². The second kappa shape index (κ2) is 5.07. The average Bonchev–Trinajstić information content (AvgIpc) is 2.62. The fourth-order valence-electron chi connectivity index (χ4n) is 2.71. The molecule has 1 heterocycles. The lowest BCUT2D eigenvalue weighted by molar-refractivity contribution is 0.00278. The molecule has 0 spiro atoms. The van der Waals surface area contributed by atoms with Crippen LogP contribution in [0.15, 0.2) is 0 Å². The Kier molecular flexibility index (Phi) is 3.97. The molecule has 0 aromatic carbocycles. The second-order valence-electron chi connectivity index (χ2n) is 5.14. The fourth-order valence-corrected chi connectivity index (χ4v) is 3.93. The molecule has 0 aromatic rings. The SMILES string of the molecule is CC1SCCC1NCC1(O)CCCCC1. The van der Waals surface area contributed by atoms with Crippen molar-refractivity contribution in [3.63, 3.8) is 0 Å². The molecule has 2 unspecified atom stereocenters. The van der Waals surface area contributed by atoms with E-state index in [0.717, 1.165) is 24.6 Å². The van der Waals surface area contributed by atoms with E-state index in [1.165, 1.54) is 31.4 Å². The Morgan fingerprint density at radius 2 is 2.07 bits per heavy atom. The van der Waals surface area contributed by atoms with E-state index in [1.54, 1.807) is 0 Å². The van der Waals surface area contributed by atoms with Crippen LogP contribution in [0, 0.1) is 0 Å². The molecular formula is C12H23NOS. The van der Waals surface area contributed by atoms with Crippen molar-refractivity contribution >= 4 is 11.8 Å². The van der Waals surface area contributed by atoms with Crippen molar-refractivity contribution in [1.29, 1.82) is 0 Å². The standard InChI is InChI=1S/C12H23NOS/c1-10-11(5-8-15-10)13-9-12(14)6-3-2-4-7-12/h10-11,13-14H,2-9H2,1H3. The Hall–Kier alpha value is 0.270. The minimum Gasteiger partial charge on any atom is -0.389 e. The smallest absolute Gasteiger partial charge is 0.0771 e. The molecule has 2 aliphatic rings.